The second-order valence-electron chi connectivity index (χ2n) is 9.70. The predicted octanol–water partition coefficient (Wildman–Crippen LogP) is 5.74. The molecule has 2 aliphatic rings. The van der Waals surface area contributed by atoms with Gasteiger partial charge < -0.3 is 4.43 Å². The predicted molar refractivity (Wildman–Crippen MR) is 108 cm³/mol. The van der Waals surface area contributed by atoms with E-state index in [1.54, 1.807) is 0 Å². The van der Waals surface area contributed by atoms with Crippen molar-refractivity contribution in [2.75, 3.05) is 0 Å². The van der Waals surface area contributed by atoms with Crippen molar-refractivity contribution in [3.05, 3.63) is 11.6 Å². The number of carbonyl (C=O) groups is 1. The Morgan fingerprint density at radius 3 is 2.72 bits per heavy atom. The fourth-order valence-corrected chi connectivity index (χ4v) is 6.51. The van der Waals surface area contributed by atoms with E-state index in [0.29, 0.717) is 17.6 Å². The summed E-state index contributed by atoms with van der Waals surface area (Å²) in [4.78, 5) is 12.4. The quantitative estimate of drug-likeness (QED) is 0.472. The van der Waals surface area contributed by atoms with Crippen molar-refractivity contribution in [1.29, 1.82) is 0 Å². The maximum Gasteiger partial charge on any atom is 0.185 e. The molecule has 0 amide bonds. The molecule has 0 heterocycles. The van der Waals surface area contributed by atoms with Gasteiger partial charge in [-0.1, -0.05) is 25.8 Å². The first kappa shape index (κ1) is 20.5. The van der Waals surface area contributed by atoms with Crippen LogP contribution >= 0.6 is 0 Å². The molecule has 1 fully saturated rings. The van der Waals surface area contributed by atoms with E-state index < -0.39 is 8.32 Å². The molecule has 2 rings (SSSR count). The highest BCUT2D eigenvalue weighted by molar-refractivity contribution is 6.69. The standard InChI is InChI=1S/C22H36O2Si/c1-17(11-9-15-21(2,3)24-25(5,6)7)18-12-8-13-19-20(23)14-10-16-22(18,19)4/h13,17-18H,8,10-12,14,16H2,1-7H3/t17-,18-,22-/m1/s1. The maximum absolute atomic E-state index is 12.4. The number of Topliss-reactive ketones (excluding diaryl/α,β-unsaturated/α-hetero) is 1. The zero-order valence-corrected chi connectivity index (χ0v) is 18.3. The third-order valence-corrected chi connectivity index (χ3v) is 6.84. The SMILES string of the molecule is C[C@H](CC#CC(C)(C)O[Si](C)(C)C)[C@H]1CCC=C2C(=O)CCC[C@@]21C. The Balaban J connectivity index is 2.07. The van der Waals surface area contributed by atoms with Crippen LogP contribution in [0.25, 0.3) is 0 Å². The van der Waals surface area contributed by atoms with Gasteiger partial charge in [-0.25, -0.2) is 0 Å². The summed E-state index contributed by atoms with van der Waals surface area (Å²) in [5.41, 5.74) is 0.822. The number of fused-ring (bicyclic) bond motifs is 1. The van der Waals surface area contributed by atoms with Gasteiger partial charge in [0.2, 0.25) is 0 Å². The maximum atomic E-state index is 12.4. The summed E-state index contributed by atoms with van der Waals surface area (Å²) >= 11 is 0. The Morgan fingerprint density at radius 2 is 2.08 bits per heavy atom. The van der Waals surface area contributed by atoms with Gasteiger partial charge in [-0.2, -0.15) is 0 Å². The highest BCUT2D eigenvalue weighted by atomic mass is 28.4. The zero-order chi connectivity index (χ0) is 18.9. The van der Waals surface area contributed by atoms with Crippen molar-refractivity contribution in [3.63, 3.8) is 0 Å². The van der Waals surface area contributed by atoms with Gasteiger partial charge in [-0.3, -0.25) is 4.79 Å². The molecule has 3 atom stereocenters. The Hall–Kier alpha value is -0.853. The third-order valence-electron chi connectivity index (χ3n) is 5.72. The monoisotopic (exact) mass is 360 g/mol. The average molecular weight is 361 g/mol. The van der Waals surface area contributed by atoms with Crippen LogP contribution in [0.3, 0.4) is 0 Å². The second-order valence-corrected chi connectivity index (χ2v) is 14.1. The van der Waals surface area contributed by atoms with E-state index >= 15 is 0 Å². The molecule has 0 aromatic rings. The molecule has 0 aromatic carbocycles. The molecule has 25 heavy (non-hydrogen) atoms. The number of hydrogen-bond acceptors (Lipinski definition) is 2. The van der Waals surface area contributed by atoms with Crippen molar-refractivity contribution in [1.82, 2.24) is 0 Å². The third kappa shape index (κ3) is 5.08. The first-order valence-corrected chi connectivity index (χ1v) is 13.3. The van der Waals surface area contributed by atoms with Crippen LogP contribution in [-0.4, -0.2) is 19.7 Å². The number of carbonyl (C=O) groups excluding carboxylic acids is 1. The lowest BCUT2D eigenvalue weighted by Crippen LogP contribution is -2.41. The van der Waals surface area contributed by atoms with E-state index in [1.165, 1.54) is 6.42 Å². The largest absolute Gasteiger partial charge is 0.402 e. The Morgan fingerprint density at radius 1 is 1.40 bits per heavy atom. The summed E-state index contributed by atoms with van der Waals surface area (Å²) < 4.78 is 6.18. The van der Waals surface area contributed by atoms with Crippen LogP contribution in [0.1, 0.15) is 66.2 Å². The summed E-state index contributed by atoms with van der Waals surface area (Å²) in [7, 11) is -1.59. The molecule has 2 aliphatic carbocycles. The van der Waals surface area contributed by atoms with Crippen LogP contribution in [0.2, 0.25) is 19.6 Å². The second kappa shape index (κ2) is 7.41. The summed E-state index contributed by atoms with van der Waals surface area (Å²) in [5.74, 6) is 8.23. The minimum absolute atomic E-state index is 0.0685. The minimum atomic E-state index is -1.59. The summed E-state index contributed by atoms with van der Waals surface area (Å²) in [6.45, 7) is 15.4. The molecule has 0 unspecified atom stereocenters. The molecule has 140 valence electrons. The van der Waals surface area contributed by atoms with Crippen LogP contribution in [0.15, 0.2) is 11.6 Å². The Kier molecular flexibility index (Phi) is 6.06. The van der Waals surface area contributed by atoms with Gasteiger partial charge in [0.15, 0.2) is 14.1 Å². The molecular formula is C22H36O2Si. The van der Waals surface area contributed by atoms with Crippen molar-refractivity contribution >= 4 is 14.1 Å². The van der Waals surface area contributed by atoms with Gasteiger partial charge >= 0.3 is 0 Å². The highest BCUT2D eigenvalue weighted by Crippen LogP contribution is 2.52. The number of rotatable bonds is 4. The fraction of sp³-hybridized carbons (Fsp3) is 0.773. The Labute approximate surface area is 155 Å². The molecule has 1 saturated carbocycles. The van der Waals surface area contributed by atoms with Crippen LogP contribution in [0, 0.1) is 29.1 Å². The summed E-state index contributed by atoms with van der Waals surface area (Å²) in [5, 5.41) is 0. The van der Waals surface area contributed by atoms with Gasteiger partial charge in [0.1, 0.15) is 5.60 Å². The molecule has 2 nitrogen and oxygen atoms in total. The van der Waals surface area contributed by atoms with E-state index in [0.717, 1.165) is 37.7 Å². The van der Waals surface area contributed by atoms with E-state index in [4.69, 9.17) is 4.43 Å². The minimum Gasteiger partial charge on any atom is -0.402 e. The van der Waals surface area contributed by atoms with Crippen molar-refractivity contribution in [2.24, 2.45) is 17.3 Å². The lowest BCUT2D eigenvalue weighted by molar-refractivity contribution is -0.119. The number of ketones is 1. The van der Waals surface area contributed by atoms with Gasteiger partial charge in [-0.05, 0) is 82.0 Å². The molecule has 0 bridgehead atoms. The average Bonchev–Trinajstić information content (AvgIpc) is 2.43. The lowest BCUT2D eigenvalue weighted by atomic mass is 9.56. The van der Waals surface area contributed by atoms with Gasteiger partial charge in [0.05, 0.1) is 0 Å². The van der Waals surface area contributed by atoms with Gasteiger partial charge in [-0.15, -0.1) is 5.92 Å². The molecule has 0 saturated heterocycles. The Bertz CT molecular complexity index is 600. The smallest absolute Gasteiger partial charge is 0.185 e. The normalized spacial score (nSPS) is 28.5. The fourth-order valence-electron chi connectivity index (χ4n) is 4.93. The molecule has 0 aliphatic heterocycles. The van der Waals surface area contributed by atoms with Crippen LogP contribution in [-0.2, 0) is 9.22 Å². The molecular weight excluding hydrogens is 324 g/mol. The van der Waals surface area contributed by atoms with Crippen LogP contribution < -0.4 is 0 Å². The number of hydrogen-bond donors (Lipinski definition) is 0. The molecule has 0 spiro atoms. The van der Waals surface area contributed by atoms with E-state index in [1.807, 2.05) is 0 Å². The molecule has 0 N–H and O–H groups in total. The van der Waals surface area contributed by atoms with Crippen LogP contribution in [0.4, 0.5) is 0 Å². The molecule has 0 radical (unpaired) electrons. The summed E-state index contributed by atoms with van der Waals surface area (Å²) in [6, 6.07) is 0. The van der Waals surface area contributed by atoms with Gasteiger partial charge in [0.25, 0.3) is 0 Å². The highest BCUT2D eigenvalue weighted by Gasteiger charge is 2.45. The topological polar surface area (TPSA) is 26.3 Å². The molecule has 0 aromatic heterocycles. The number of allylic oxidation sites excluding steroid dienone is 2. The van der Waals surface area contributed by atoms with E-state index in [-0.39, 0.29) is 11.0 Å². The molecule has 3 heteroatoms. The van der Waals surface area contributed by atoms with E-state index in [9.17, 15) is 4.79 Å². The first-order valence-electron chi connectivity index (χ1n) is 9.89. The first-order chi connectivity index (χ1) is 11.4. The lowest BCUT2D eigenvalue weighted by Gasteiger charge is -2.47. The van der Waals surface area contributed by atoms with Crippen molar-refractivity contribution < 1.29 is 9.22 Å². The summed E-state index contributed by atoms with van der Waals surface area (Å²) in [6.07, 6.45) is 8.27. The van der Waals surface area contributed by atoms with Crippen molar-refractivity contribution in [2.45, 2.75) is 91.5 Å². The van der Waals surface area contributed by atoms with Gasteiger partial charge in [0, 0.05) is 12.8 Å². The zero-order valence-electron chi connectivity index (χ0n) is 17.3. The van der Waals surface area contributed by atoms with E-state index in [2.05, 4.69) is 65.3 Å². The van der Waals surface area contributed by atoms with Crippen molar-refractivity contribution in [3.8, 4) is 11.8 Å². The van der Waals surface area contributed by atoms with Crippen LogP contribution in [0.5, 0.6) is 0 Å².